The Morgan fingerprint density at radius 2 is 1.75 bits per heavy atom. The Kier molecular flexibility index (Phi) is 3.24. The van der Waals surface area contributed by atoms with E-state index in [1.807, 2.05) is 42.5 Å². The minimum absolute atomic E-state index is 0.157. The molecule has 0 fully saturated rings. The number of hydrogen-bond donors (Lipinski definition) is 0. The number of carbonyl (C=O) groups is 2. The lowest BCUT2D eigenvalue weighted by Gasteiger charge is -2.15. The Hall–Kier alpha value is -3.27. The summed E-state index contributed by atoms with van der Waals surface area (Å²) in [7, 11) is 0. The number of pyridine rings is 1. The molecule has 1 amide bonds. The summed E-state index contributed by atoms with van der Waals surface area (Å²) >= 11 is 0. The lowest BCUT2D eigenvalue weighted by molar-refractivity contribution is -0.116. The van der Waals surface area contributed by atoms with Crippen molar-refractivity contribution in [3.05, 3.63) is 77.6 Å². The molecule has 1 aromatic heterocycles. The van der Waals surface area contributed by atoms with Crippen molar-refractivity contribution in [2.75, 3.05) is 4.90 Å². The fourth-order valence-corrected chi connectivity index (χ4v) is 3.00. The SMILES string of the molecule is CC(=O)N1C(=Cc2ccc3ccccc3n2)C(=O)c2ccccc21. The molecule has 4 nitrogen and oxygen atoms in total. The molecule has 0 saturated carbocycles. The van der Waals surface area contributed by atoms with Gasteiger partial charge in [0.15, 0.2) is 0 Å². The highest BCUT2D eigenvalue weighted by Gasteiger charge is 2.34. The second-order valence-electron chi connectivity index (χ2n) is 5.66. The van der Waals surface area contributed by atoms with E-state index >= 15 is 0 Å². The van der Waals surface area contributed by atoms with Gasteiger partial charge in [-0.1, -0.05) is 36.4 Å². The van der Waals surface area contributed by atoms with Gasteiger partial charge in [0.1, 0.15) is 0 Å². The van der Waals surface area contributed by atoms with Crippen LogP contribution in [0.25, 0.3) is 17.0 Å². The fourth-order valence-electron chi connectivity index (χ4n) is 3.00. The highest BCUT2D eigenvalue weighted by molar-refractivity contribution is 6.26. The molecule has 0 N–H and O–H groups in total. The summed E-state index contributed by atoms with van der Waals surface area (Å²) in [5.41, 5.74) is 3.01. The molecule has 0 atom stereocenters. The quantitative estimate of drug-likeness (QED) is 0.642. The van der Waals surface area contributed by atoms with Crippen LogP contribution in [0, 0.1) is 0 Å². The van der Waals surface area contributed by atoms with Gasteiger partial charge in [-0.3, -0.25) is 14.5 Å². The maximum Gasteiger partial charge on any atom is 0.228 e. The third kappa shape index (κ3) is 2.20. The third-order valence-electron chi connectivity index (χ3n) is 4.08. The number of aromatic nitrogens is 1. The highest BCUT2D eigenvalue weighted by atomic mass is 16.2. The molecular formula is C20H14N2O2. The van der Waals surface area contributed by atoms with Crippen molar-refractivity contribution in [1.82, 2.24) is 4.98 Å². The maximum atomic E-state index is 12.7. The van der Waals surface area contributed by atoms with Crippen LogP contribution in [-0.2, 0) is 4.79 Å². The third-order valence-corrected chi connectivity index (χ3v) is 4.08. The van der Waals surface area contributed by atoms with Crippen molar-refractivity contribution < 1.29 is 9.59 Å². The zero-order valence-electron chi connectivity index (χ0n) is 13.1. The molecular weight excluding hydrogens is 300 g/mol. The minimum atomic E-state index is -0.194. The number of ketones is 1. The molecule has 3 aromatic rings. The van der Waals surface area contributed by atoms with E-state index in [2.05, 4.69) is 4.98 Å². The van der Waals surface area contributed by atoms with Gasteiger partial charge in [0, 0.05) is 17.9 Å². The van der Waals surface area contributed by atoms with Crippen molar-refractivity contribution in [2.45, 2.75) is 6.92 Å². The average molecular weight is 314 g/mol. The van der Waals surface area contributed by atoms with Crippen LogP contribution in [0.2, 0.25) is 0 Å². The van der Waals surface area contributed by atoms with E-state index < -0.39 is 0 Å². The minimum Gasteiger partial charge on any atom is -0.287 e. The molecule has 1 aliphatic heterocycles. The second kappa shape index (κ2) is 5.42. The Morgan fingerprint density at radius 1 is 1.00 bits per heavy atom. The first kappa shape index (κ1) is 14.3. The van der Waals surface area contributed by atoms with E-state index in [9.17, 15) is 9.59 Å². The first-order valence-electron chi connectivity index (χ1n) is 7.67. The van der Waals surface area contributed by atoms with Crippen LogP contribution in [0.5, 0.6) is 0 Å². The number of Topliss-reactive ketones (excluding diaryl/α,β-unsaturated/α-hetero) is 1. The van der Waals surface area contributed by atoms with Crippen molar-refractivity contribution in [1.29, 1.82) is 0 Å². The largest absolute Gasteiger partial charge is 0.287 e. The van der Waals surface area contributed by atoms with Gasteiger partial charge >= 0.3 is 0 Å². The summed E-state index contributed by atoms with van der Waals surface area (Å²) in [6, 6.07) is 18.7. The number of nitrogens with zero attached hydrogens (tertiary/aromatic N) is 2. The second-order valence-corrected chi connectivity index (χ2v) is 5.66. The molecule has 116 valence electrons. The van der Waals surface area contributed by atoms with E-state index in [1.165, 1.54) is 11.8 Å². The molecule has 4 rings (SSSR count). The van der Waals surface area contributed by atoms with E-state index in [1.54, 1.807) is 24.3 Å². The summed E-state index contributed by atoms with van der Waals surface area (Å²) in [4.78, 5) is 30.8. The average Bonchev–Trinajstić information content (AvgIpc) is 2.87. The summed E-state index contributed by atoms with van der Waals surface area (Å²) in [5, 5.41) is 1.03. The number of fused-ring (bicyclic) bond motifs is 2. The topological polar surface area (TPSA) is 50.3 Å². The van der Waals surface area contributed by atoms with Gasteiger partial charge in [0.05, 0.1) is 22.6 Å². The van der Waals surface area contributed by atoms with Crippen LogP contribution in [0.15, 0.2) is 66.4 Å². The van der Waals surface area contributed by atoms with Crippen molar-refractivity contribution >= 4 is 34.4 Å². The Labute approximate surface area is 139 Å². The molecule has 2 aromatic carbocycles. The summed E-state index contributed by atoms with van der Waals surface area (Å²) < 4.78 is 0. The number of para-hydroxylation sites is 2. The molecule has 0 aliphatic carbocycles. The first-order chi connectivity index (χ1) is 11.6. The fraction of sp³-hybridized carbons (Fsp3) is 0.0500. The van der Waals surface area contributed by atoms with E-state index in [0.29, 0.717) is 22.6 Å². The van der Waals surface area contributed by atoms with Gasteiger partial charge in [0.2, 0.25) is 11.7 Å². The predicted octanol–water partition coefficient (Wildman–Crippen LogP) is 3.83. The van der Waals surface area contributed by atoms with E-state index in [4.69, 9.17) is 0 Å². The van der Waals surface area contributed by atoms with Gasteiger partial charge < -0.3 is 0 Å². The molecule has 24 heavy (non-hydrogen) atoms. The number of anilines is 1. The maximum absolute atomic E-state index is 12.7. The summed E-state index contributed by atoms with van der Waals surface area (Å²) in [6.07, 6.45) is 1.68. The molecule has 0 radical (unpaired) electrons. The number of rotatable bonds is 1. The van der Waals surface area contributed by atoms with Gasteiger partial charge in [-0.25, -0.2) is 4.98 Å². The van der Waals surface area contributed by atoms with Gasteiger partial charge in [0.25, 0.3) is 0 Å². The zero-order chi connectivity index (χ0) is 16.7. The van der Waals surface area contributed by atoms with Crippen LogP contribution in [0.3, 0.4) is 0 Å². The smallest absolute Gasteiger partial charge is 0.228 e. The van der Waals surface area contributed by atoms with E-state index in [0.717, 1.165) is 10.9 Å². The highest BCUT2D eigenvalue weighted by Crippen LogP contribution is 2.35. The van der Waals surface area contributed by atoms with Crippen molar-refractivity contribution in [3.63, 3.8) is 0 Å². The number of amides is 1. The lowest BCUT2D eigenvalue weighted by atomic mass is 10.1. The normalized spacial score (nSPS) is 15.1. The molecule has 1 aliphatic rings. The molecule has 0 saturated heterocycles. The molecule has 4 heteroatoms. The van der Waals surface area contributed by atoms with Gasteiger partial charge in [-0.2, -0.15) is 0 Å². The van der Waals surface area contributed by atoms with Crippen LogP contribution in [0.1, 0.15) is 23.0 Å². The van der Waals surface area contributed by atoms with Gasteiger partial charge in [-0.05, 0) is 30.3 Å². The Balaban J connectivity index is 1.86. The van der Waals surface area contributed by atoms with Crippen molar-refractivity contribution in [3.8, 4) is 0 Å². The summed E-state index contributed by atoms with van der Waals surface area (Å²) in [6.45, 7) is 1.46. The number of hydrogen-bond acceptors (Lipinski definition) is 3. The monoisotopic (exact) mass is 314 g/mol. The van der Waals surface area contributed by atoms with E-state index in [-0.39, 0.29) is 11.7 Å². The van der Waals surface area contributed by atoms with Crippen molar-refractivity contribution in [2.24, 2.45) is 0 Å². The van der Waals surface area contributed by atoms with Crippen LogP contribution >= 0.6 is 0 Å². The molecule has 0 spiro atoms. The Morgan fingerprint density at radius 3 is 2.58 bits per heavy atom. The first-order valence-corrected chi connectivity index (χ1v) is 7.67. The Bertz CT molecular complexity index is 1020. The molecule has 2 heterocycles. The van der Waals surface area contributed by atoms with Crippen LogP contribution < -0.4 is 4.90 Å². The van der Waals surface area contributed by atoms with Crippen LogP contribution in [-0.4, -0.2) is 16.7 Å². The molecule has 0 unspecified atom stereocenters. The summed E-state index contributed by atoms with van der Waals surface area (Å²) in [5.74, 6) is -0.351. The zero-order valence-corrected chi connectivity index (χ0v) is 13.1. The van der Waals surface area contributed by atoms with Crippen LogP contribution in [0.4, 0.5) is 5.69 Å². The standard InChI is InChI=1S/C20H14N2O2/c1-13(23)22-18-9-5-3-7-16(18)20(24)19(22)12-15-11-10-14-6-2-4-8-17(14)21-15/h2-12H,1H3. The van der Waals surface area contributed by atoms with Gasteiger partial charge in [-0.15, -0.1) is 0 Å². The number of carbonyl (C=O) groups excluding carboxylic acids is 2. The lowest BCUT2D eigenvalue weighted by Crippen LogP contribution is -2.25. The number of benzene rings is 2. The number of allylic oxidation sites excluding steroid dienone is 1. The predicted molar refractivity (Wildman–Crippen MR) is 93.7 cm³/mol. The molecule has 0 bridgehead atoms.